The lowest BCUT2D eigenvalue weighted by Crippen LogP contribution is -2.22. The molecule has 2 unspecified atom stereocenters. The fourth-order valence-electron chi connectivity index (χ4n) is 7.87. The summed E-state index contributed by atoms with van der Waals surface area (Å²) in [4.78, 5) is 26.4. The van der Waals surface area contributed by atoms with Gasteiger partial charge in [0.2, 0.25) is 11.8 Å². The Bertz CT molecular complexity index is 2400. The van der Waals surface area contributed by atoms with E-state index in [1.807, 2.05) is 11.0 Å². The number of methoxy groups -OCH3 is 1. The van der Waals surface area contributed by atoms with Crippen LogP contribution in [0, 0.1) is 18.6 Å². The Morgan fingerprint density at radius 3 is 2.63 bits per heavy atom. The number of amides is 1. The highest BCUT2D eigenvalue weighted by Crippen LogP contribution is 2.52. The highest BCUT2D eigenvalue weighted by atomic mass is 32.1. The van der Waals surface area contributed by atoms with Crippen molar-refractivity contribution in [1.29, 1.82) is 0 Å². The Labute approximate surface area is 298 Å². The lowest BCUT2D eigenvalue weighted by Gasteiger charge is -2.18. The number of aryl methyl sites for hydroxylation is 3. The molecule has 6 heterocycles. The first-order valence-corrected chi connectivity index (χ1v) is 17.8. The molecule has 0 bridgehead atoms. The molecule has 9 rings (SSSR count). The molecule has 2 aliphatic heterocycles. The largest absolute Gasteiger partial charge is 0.493 e. The smallest absolute Gasteiger partial charge is 0.257 e. The van der Waals surface area contributed by atoms with Crippen LogP contribution in [0.2, 0.25) is 0 Å². The van der Waals surface area contributed by atoms with Gasteiger partial charge in [-0.1, -0.05) is 18.2 Å². The van der Waals surface area contributed by atoms with Gasteiger partial charge in [0, 0.05) is 35.7 Å². The molecule has 14 heteroatoms. The van der Waals surface area contributed by atoms with E-state index in [0.29, 0.717) is 68.8 Å². The summed E-state index contributed by atoms with van der Waals surface area (Å²) >= 11 is 1.33. The third kappa shape index (κ3) is 5.06. The van der Waals surface area contributed by atoms with Crippen molar-refractivity contribution >= 4 is 33.1 Å². The number of benzene rings is 2. The number of hydrogen-bond acceptors (Lipinski definition) is 9. The Morgan fingerprint density at radius 2 is 1.87 bits per heavy atom. The minimum Gasteiger partial charge on any atom is -0.493 e. The van der Waals surface area contributed by atoms with Crippen LogP contribution in [-0.2, 0) is 12.8 Å². The standard InChI is InChI=1S/C38H30F4N6O3S/c1-17-46-47-37(51-17)27-23(12-7-18-5-8-20(39)9-6-18)44-33-24-4-3-15-48(24)38(49)29(33)28(27)25-16-19-13-14-43-36(35(19)52-25)45-32-21-10-11-22(40)34(50-2)26(21)30(41)31(32)42/h5-6,8-11,13-14,16,24,30-32H,3-4,7,12,15H2,1-2H3,(H,43,45)/t24?,30-,31+,32?/m1/s1. The first-order chi connectivity index (χ1) is 25.2. The second-order valence-corrected chi connectivity index (χ2v) is 14.3. The van der Waals surface area contributed by atoms with E-state index in [4.69, 9.17) is 14.1 Å². The van der Waals surface area contributed by atoms with Crippen molar-refractivity contribution in [3.63, 3.8) is 0 Å². The van der Waals surface area contributed by atoms with Crippen LogP contribution in [0.1, 0.15) is 75.4 Å². The molecule has 1 aliphatic carbocycles. The lowest BCUT2D eigenvalue weighted by atomic mass is 9.93. The van der Waals surface area contributed by atoms with Crippen LogP contribution in [-0.4, -0.2) is 50.8 Å². The van der Waals surface area contributed by atoms with Gasteiger partial charge in [0.15, 0.2) is 23.9 Å². The zero-order valence-electron chi connectivity index (χ0n) is 27.9. The van der Waals surface area contributed by atoms with Crippen LogP contribution in [0.15, 0.2) is 59.1 Å². The van der Waals surface area contributed by atoms with Gasteiger partial charge in [0.1, 0.15) is 11.6 Å². The quantitative estimate of drug-likeness (QED) is 0.156. The number of nitrogens with one attached hydrogen (secondary N) is 1. The van der Waals surface area contributed by atoms with Gasteiger partial charge in [-0.05, 0) is 72.5 Å². The van der Waals surface area contributed by atoms with Gasteiger partial charge in [-0.15, -0.1) is 21.5 Å². The normalized spacial score (nSPS) is 20.4. The molecule has 4 aromatic heterocycles. The first-order valence-electron chi connectivity index (χ1n) is 16.9. The molecule has 0 spiro atoms. The average molecular weight is 727 g/mol. The molecular weight excluding hydrogens is 697 g/mol. The van der Waals surface area contributed by atoms with E-state index in [1.165, 1.54) is 36.6 Å². The number of aromatic nitrogens is 4. The van der Waals surface area contributed by atoms with Gasteiger partial charge in [-0.25, -0.2) is 22.5 Å². The second kappa shape index (κ2) is 12.4. The lowest BCUT2D eigenvalue weighted by molar-refractivity contribution is 0.0776. The first kappa shape index (κ1) is 32.5. The molecule has 1 saturated heterocycles. The molecule has 2 aromatic carbocycles. The van der Waals surface area contributed by atoms with Crippen LogP contribution in [0.4, 0.5) is 23.4 Å². The summed E-state index contributed by atoms with van der Waals surface area (Å²) in [5.74, 6) is -0.701. The van der Waals surface area contributed by atoms with E-state index in [0.717, 1.165) is 29.9 Å². The number of thiophene rings is 1. The molecule has 1 amide bonds. The summed E-state index contributed by atoms with van der Waals surface area (Å²) in [6, 6.07) is 11.2. The Hall–Kier alpha value is -5.37. The van der Waals surface area contributed by atoms with Crippen LogP contribution in [0.25, 0.3) is 32.0 Å². The van der Waals surface area contributed by atoms with Crippen molar-refractivity contribution < 1.29 is 31.5 Å². The predicted molar refractivity (Wildman–Crippen MR) is 186 cm³/mol. The summed E-state index contributed by atoms with van der Waals surface area (Å²) in [7, 11) is 1.22. The van der Waals surface area contributed by atoms with Gasteiger partial charge in [0.05, 0.1) is 46.4 Å². The predicted octanol–water partition coefficient (Wildman–Crippen LogP) is 8.59. The minimum absolute atomic E-state index is 0.130. The van der Waals surface area contributed by atoms with Crippen LogP contribution in [0.3, 0.4) is 0 Å². The van der Waals surface area contributed by atoms with E-state index in [2.05, 4.69) is 20.5 Å². The van der Waals surface area contributed by atoms with E-state index in [9.17, 15) is 13.6 Å². The number of nitrogens with zero attached hydrogens (tertiary/aromatic N) is 5. The SMILES string of the molecule is COc1c(F)ccc2c1[C@@H](F)[C@H](F)C2Nc1nccc2cc(-c3c4c(nc(CCc5ccc(F)cc5)c3-c3nnc(C)o3)C3CCCN3C4=O)sc12. The molecule has 9 nitrogen and oxygen atoms in total. The number of ether oxygens (including phenoxy) is 1. The van der Waals surface area contributed by atoms with Crippen LogP contribution >= 0.6 is 11.3 Å². The molecule has 6 aromatic rings. The number of halogens is 4. The highest BCUT2D eigenvalue weighted by molar-refractivity contribution is 7.23. The Kier molecular flexibility index (Phi) is 7.75. The molecule has 0 radical (unpaired) electrons. The zero-order chi connectivity index (χ0) is 35.8. The summed E-state index contributed by atoms with van der Waals surface area (Å²) in [6.45, 7) is 2.30. The Balaban J connectivity index is 1.20. The summed E-state index contributed by atoms with van der Waals surface area (Å²) in [6.07, 6.45) is 0.0502. The van der Waals surface area contributed by atoms with Crippen LogP contribution < -0.4 is 10.1 Å². The monoisotopic (exact) mass is 726 g/mol. The van der Waals surface area contributed by atoms with Crippen molar-refractivity contribution in [2.75, 3.05) is 19.0 Å². The summed E-state index contributed by atoms with van der Waals surface area (Å²) in [5, 5.41) is 12.3. The van der Waals surface area contributed by atoms with Crippen molar-refractivity contribution in [3.05, 3.63) is 106 Å². The van der Waals surface area contributed by atoms with Gasteiger partial charge in [0.25, 0.3) is 5.91 Å². The summed E-state index contributed by atoms with van der Waals surface area (Å²) < 4.78 is 71.0. The third-order valence-corrected chi connectivity index (χ3v) is 11.4. The maximum atomic E-state index is 15.7. The topological polar surface area (TPSA) is 106 Å². The Morgan fingerprint density at radius 1 is 1.04 bits per heavy atom. The number of fused-ring (bicyclic) bond motifs is 5. The number of pyridine rings is 2. The number of rotatable bonds is 8. The van der Waals surface area contributed by atoms with Crippen molar-refractivity contribution in [2.45, 2.75) is 57.0 Å². The van der Waals surface area contributed by atoms with Gasteiger partial charge in [-0.3, -0.25) is 9.78 Å². The molecule has 4 atom stereocenters. The number of anilines is 1. The molecule has 264 valence electrons. The zero-order valence-corrected chi connectivity index (χ0v) is 28.7. The molecule has 1 fully saturated rings. The van der Waals surface area contributed by atoms with Crippen molar-refractivity contribution in [2.24, 2.45) is 0 Å². The van der Waals surface area contributed by atoms with Gasteiger partial charge < -0.3 is 19.4 Å². The number of carbonyl (C=O) groups is 1. The van der Waals surface area contributed by atoms with E-state index in [1.54, 1.807) is 31.3 Å². The number of alkyl halides is 2. The molecule has 52 heavy (non-hydrogen) atoms. The van der Waals surface area contributed by atoms with Crippen LogP contribution in [0.5, 0.6) is 5.75 Å². The molecular formula is C38H30F4N6O3S. The third-order valence-electron chi connectivity index (χ3n) is 10.2. The second-order valence-electron chi connectivity index (χ2n) is 13.2. The van der Waals surface area contributed by atoms with Crippen molar-refractivity contribution in [1.82, 2.24) is 25.1 Å². The molecule has 3 aliphatic rings. The minimum atomic E-state index is -2.11. The fraction of sp³-hybridized carbons (Fsp3) is 0.289. The van der Waals surface area contributed by atoms with E-state index >= 15 is 8.78 Å². The highest BCUT2D eigenvalue weighted by Gasteiger charge is 2.46. The maximum absolute atomic E-state index is 15.7. The van der Waals surface area contributed by atoms with E-state index in [-0.39, 0.29) is 40.5 Å². The fourth-order valence-corrected chi connectivity index (χ4v) is 9.03. The average Bonchev–Trinajstić information content (AvgIpc) is 3.97. The van der Waals surface area contributed by atoms with Crippen molar-refractivity contribution in [3.8, 4) is 27.6 Å². The number of hydrogen-bond donors (Lipinski definition) is 1. The molecule has 1 N–H and O–H groups in total. The molecule has 0 saturated carbocycles. The van der Waals surface area contributed by atoms with E-state index < -0.39 is 24.2 Å². The number of carbonyl (C=O) groups excluding carboxylic acids is 1. The van der Waals surface area contributed by atoms with Gasteiger partial charge >= 0.3 is 0 Å². The summed E-state index contributed by atoms with van der Waals surface area (Å²) in [5.41, 5.74) is 3.96. The maximum Gasteiger partial charge on any atom is 0.257 e. The van der Waals surface area contributed by atoms with Gasteiger partial charge in [-0.2, -0.15) is 0 Å².